The van der Waals surface area contributed by atoms with Crippen LogP contribution in [0.3, 0.4) is 0 Å². The number of rotatable bonds is 7. The largest absolute Gasteiger partial charge is 0.436 e. The van der Waals surface area contributed by atoms with Gasteiger partial charge in [-0.3, -0.25) is 9.59 Å². The predicted molar refractivity (Wildman–Crippen MR) is 114 cm³/mol. The van der Waals surface area contributed by atoms with E-state index in [1.54, 1.807) is 9.80 Å². The molecule has 3 aromatic heterocycles. The van der Waals surface area contributed by atoms with E-state index in [1.807, 2.05) is 0 Å². The molecule has 0 bridgehead atoms. The highest BCUT2D eigenvalue weighted by atomic mass is 19.4. The predicted octanol–water partition coefficient (Wildman–Crippen LogP) is 1.70. The molecule has 1 amide bonds. The molecule has 200 valence electrons. The first-order valence-electron chi connectivity index (χ1n) is 11.0. The molecular weight excluding hydrogens is 514 g/mol. The van der Waals surface area contributed by atoms with Crippen molar-refractivity contribution in [3.63, 3.8) is 0 Å². The van der Waals surface area contributed by atoms with Crippen LogP contribution < -0.4 is 10.5 Å². The van der Waals surface area contributed by atoms with Crippen LogP contribution in [0, 0.1) is 0 Å². The molecule has 0 saturated carbocycles. The third-order valence-electron chi connectivity index (χ3n) is 5.59. The Labute approximate surface area is 204 Å². The maximum Gasteiger partial charge on any atom is 0.436 e. The van der Waals surface area contributed by atoms with Crippen molar-refractivity contribution < 1.29 is 35.9 Å². The summed E-state index contributed by atoms with van der Waals surface area (Å²) < 4.78 is 83.9. The number of amides is 1. The molecule has 4 heterocycles. The number of hydrogen-bond acceptors (Lipinski definition) is 8. The van der Waals surface area contributed by atoms with Crippen LogP contribution in [0.1, 0.15) is 17.7 Å². The second-order valence-corrected chi connectivity index (χ2v) is 8.00. The Morgan fingerprint density at radius 1 is 0.973 bits per heavy atom. The number of ether oxygens (including phenoxy) is 1. The highest BCUT2D eigenvalue weighted by Gasteiger charge is 2.38. The van der Waals surface area contributed by atoms with E-state index in [1.165, 1.54) is 0 Å². The summed E-state index contributed by atoms with van der Waals surface area (Å²) in [5, 5.41) is 2.80. The van der Waals surface area contributed by atoms with Gasteiger partial charge in [0.25, 0.3) is 5.56 Å². The van der Waals surface area contributed by atoms with Crippen LogP contribution >= 0.6 is 0 Å². The minimum absolute atomic E-state index is 0.000401. The third kappa shape index (κ3) is 5.98. The highest BCUT2D eigenvalue weighted by molar-refractivity contribution is 5.77. The lowest BCUT2D eigenvalue weighted by Gasteiger charge is -2.34. The van der Waals surface area contributed by atoms with Crippen LogP contribution in [0.15, 0.2) is 23.5 Å². The standard InChI is InChI=1S/C20H20F6N8O3/c21-19(22,23)12-9-27-18(28-10-12)33-4-2-32(3-5-33)13(35)1-7-37-8-6-34-16-14(17(36)30-11-29-16)15(31-34)20(24,25)26/h9-11H,1-8H2,(H,29,30,36). The highest BCUT2D eigenvalue weighted by Crippen LogP contribution is 2.32. The third-order valence-corrected chi connectivity index (χ3v) is 5.59. The van der Waals surface area contributed by atoms with Crippen LogP contribution in [-0.4, -0.2) is 79.9 Å². The lowest BCUT2D eigenvalue weighted by molar-refractivity contribution is -0.140. The van der Waals surface area contributed by atoms with Crippen molar-refractivity contribution >= 4 is 22.9 Å². The number of nitrogens with zero attached hydrogens (tertiary/aromatic N) is 7. The van der Waals surface area contributed by atoms with Crippen molar-refractivity contribution in [3.05, 3.63) is 40.3 Å². The summed E-state index contributed by atoms with van der Waals surface area (Å²) in [7, 11) is 0. The van der Waals surface area contributed by atoms with Crippen molar-refractivity contribution in [2.24, 2.45) is 0 Å². The van der Waals surface area contributed by atoms with Crippen molar-refractivity contribution in [2.45, 2.75) is 25.3 Å². The van der Waals surface area contributed by atoms with Crippen molar-refractivity contribution in [3.8, 4) is 0 Å². The molecule has 0 radical (unpaired) electrons. The SMILES string of the molecule is O=C(CCOCCn1nc(C(F)(F)F)c2c(=O)[nH]cnc21)N1CCN(c2ncc(C(F)(F)F)cn2)CC1. The first-order valence-corrected chi connectivity index (χ1v) is 11.0. The number of nitrogens with one attached hydrogen (secondary N) is 1. The number of carbonyl (C=O) groups is 1. The molecule has 3 aromatic rings. The normalized spacial score (nSPS) is 15.0. The smallest absolute Gasteiger partial charge is 0.379 e. The number of alkyl halides is 6. The number of fused-ring (bicyclic) bond motifs is 1. The minimum Gasteiger partial charge on any atom is -0.379 e. The van der Waals surface area contributed by atoms with Gasteiger partial charge in [-0.1, -0.05) is 0 Å². The summed E-state index contributed by atoms with van der Waals surface area (Å²) in [4.78, 5) is 40.9. The first kappa shape index (κ1) is 26.3. The average Bonchev–Trinajstić information content (AvgIpc) is 3.24. The van der Waals surface area contributed by atoms with Gasteiger partial charge in [-0.2, -0.15) is 31.4 Å². The molecule has 0 aliphatic carbocycles. The molecular formula is C20H20F6N8O3. The molecule has 0 spiro atoms. The van der Waals surface area contributed by atoms with Gasteiger partial charge in [0.1, 0.15) is 5.39 Å². The quantitative estimate of drug-likeness (QED) is 0.359. The molecule has 17 heteroatoms. The number of piperazine rings is 1. The molecule has 0 unspecified atom stereocenters. The summed E-state index contributed by atoms with van der Waals surface area (Å²) >= 11 is 0. The van der Waals surface area contributed by atoms with E-state index < -0.39 is 34.6 Å². The zero-order chi connectivity index (χ0) is 26.8. The molecule has 1 saturated heterocycles. The van der Waals surface area contributed by atoms with Crippen LogP contribution in [0.2, 0.25) is 0 Å². The number of carbonyl (C=O) groups excluding carboxylic acids is 1. The van der Waals surface area contributed by atoms with Gasteiger partial charge in [0.2, 0.25) is 11.9 Å². The van der Waals surface area contributed by atoms with E-state index in [0.717, 1.165) is 11.0 Å². The summed E-state index contributed by atoms with van der Waals surface area (Å²) in [5.41, 5.74) is -3.48. The number of H-pyrrole nitrogens is 1. The zero-order valence-corrected chi connectivity index (χ0v) is 19.0. The van der Waals surface area contributed by atoms with Gasteiger partial charge in [0, 0.05) is 38.6 Å². The maximum absolute atomic E-state index is 13.2. The van der Waals surface area contributed by atoms with E-state index >= 15 is 0 Å². The fourth-order valence-corrected chi connectivity index (χ4v) is 3.73. The fraction of sp³-hybridized carbons (Fsp3) is 0.500. The molecule has 11 nitrogen and oxygen atoms in total. The zero-order valence-electron chi connectivity index (χ0n) is 19.0. The first-order chi connectivity index (χ1) is 17.4. The lowest BCUT2D eigenvalue weighted by Crippen LogP contribution is -2.49. The van der Waals surface area contributed by atoms with E-state index in [2.05, 4.69) is 25.0 Å². The summed E-state index contributed by atoms with van der Waals surface area (Å²) in [6.07, 6.45) is -6.95. The minimum atomic E-state index is -4.84. The monoisotopic (exact) mass is 534 g/mol. The van der Waals surface area contributed by atoms with E-state index in [0.29, 0.717) is 38.6 Å². The molecule has 1 N–H and O–H groups in total. The van der Waals surface area contributed by atoms with Gasteiger partial charge >= 0.3 is 12.4 Å². The Morgan fingerprint density at radius 3 is 2.27 bits per heavy atom. The van der Waals surface area contributed by atoms with Crippen LogP contribution in [0.5, 0.6) is 0 Å². The van der Waals surface area contributed by atoms with Gasteiger partial charge in [-0.25, -0.2) is 19.6 Å². The second kappa shape index (κ2) is 10.3. The summed E-state index contributed by atoms with van der Waals surface area (Å²) in [6, 6.07) is 0. The molecule has 0 aromatic carbocycles. The van der Waals surface area contributed by atoms with Gasteiger partial charge in [0.05, 0.1) is 38.1 Å². The van der Waals surface area contributed by atoms with Crippen LogP contribution in [-0.2, 0) is 28.4 Å². The van der Waals surface area contributed by atoms with Gasteiger partial charge < -0.3 is 19.5 Å². The average molecular weight is 534 g/mol. The van der Waals surface area contributed by atoms with Crippen molar-refractivity contribution in [1.82, 2.24) is 34.6 Å². The van der Waals surface area contributed by atoms with E-state index in [4.69, 9.17) is 4.74 Å². The Kier molecular flexibility index (Phi) is 7.33. The van der Waals surface area contributed by atoms with Crippen LogP contribution in [0.25, 0.3) is 11.0 Å². The number of halogens is 6. The van der Waals surface area contributed by atoms with Crippen molar-refractivity contribution in [1.29, 1.82) is 0 Å². The summed E-state index contributed by atoms with van der Waals surface area (Å²) in [5.74, 6) is -0.0789. The maximum atomic E-state index is 13.2. The number of hydrogen-bond donors (Lipinski definition) is 1. The molecule has 0 atom stereocenters. The molecule has 1 fully saturated rings. The number of aromatic nitrogens is 6. The lowest BCUT2D eigenvalue weighted by atomic mass is 10.3. The number of anilines is 1. The Bertz CT molecular complexity index is 1300. The molecule has 1 aliphatic heterocycles. The number of aromatic amines is 1. The molecule has 1 aliphatic rings. The fourth-order valence-electron chi connectivity index (χ4n) is 3.73. The second-order valence-electron chi connectivity index (χ2n) is 8.00. The summed E-state index contributed by atoms with van der Waals surface area (Å²) in [6.45, 7) is 1.08. The van der Waals surface area contributed by atoms with E-state index in [9.17, 15) is 35.9 Å². The van der Waals surface area contributed by atoms with E-state index in [-0.39, 0.29) is 43.7 Å². The Morgan fingerprint density at radius 2 is 1.65 bits per heavy atom. The van der Waals surface area contributed by atoms with Gasteiger partial charge in [-0.05, 0) is 0 Å². The topological polar surface area (TPSA) is 122 Å². The van der Waals surface area contributed by atoms with Crippen LogP contribution in [0.4, 0.5) is 32.3 Å². The van der Waals surface area contributed by atoms with Crippen molar-refractivity contribution in [2.75, 3.05) is 44.3 Å². The van der Waals surface area contributed by atoms with Gasteiger partial charge in [0.15, 0.2) is 11.3 Å². The Balaban J connectivity index is 1.23. The Hall–Kier alpha value is -3.76. The molecule has 4 rings (SSSR count). The van der Waals surface area contributed by atoms with Gasteiger partial charge in [-0.15, -0.1) is 0 Å². The molecule has 37 heavy (non-hydrogen) atoms.